The number of nitrogens with zero attached hydrogens (tertiary/aromatic N) is 1. The Labute approximate surface area is 158 Å². The lowest BCUT2D eigenvalue weighted by Gasteiger charge is -2.31. The highest BCUT2D eigenvalue weighted by atomic mass is 16.5. The fourth-order valence-corrected chi connectivity index (χ4v) is 2.91. The van der Waals surface area contributed by atoms with Crippen LogP contribution < -0.4 is 20.5 Å². The normalized spacial score (nSPS) is 15.8. The molecule has 1 fully saturated rings. The third-order valence-corrected chi connectivity index (χ3v) is 4.64. The van der Waals surface area contributed by atoms with Crippen LogP contribution in [0.2, 0.25) is 0 Å². The zero-order valence-electron chi connectivity index (χ0n) is 15.4. The minimum atomic E-state index is -0.852. The topological polar surface area (TPSA) is 95.7 Å². The smallest absolute Gasteiger partial charge is 0.240 e. The Morgan fingerprint density at radius 3 is 2.78 bits per heavy atom. The van der Waals surface area contributed by atoms with Gasteiger partial charge >= 0.3 is 0 Å². The van der Waals surface area contributed by atoms with Crippen molar-refractivity contribution >= 4 is 5.91 Å². The molecule has 2 heterocycles. The number of rotatable bonds is 7. The first-order valence-electron chi connectivity index (χ1n) is 8.94. The van der Waals surface area contributed by atoms with Crippen LogP contribution in [0.3, 0.4) is 0 Å². The Bertz CT molecular complexity index is 761. The van der Waals surface area contributed by atoms with Crippen molar-refractivity contribution in [3.8, 4) is 11.5 Å². The molecule has 0 spiro atoms. The van der Waals surface area contributed by atoms with E-state index >= 15 is 0 Å². The van der Waals surface area contributed by atoms with Gasteiger partial charge in [0, 0.05) is 37.7 Å². The molecule has 3 N–H and O–H groups in total. The maximum Gasteiger partial charge on any atom is 0.240 e. The van der Waals surface area contributed by atoms with Crippen LogP contribution in [0.5, 0.6) is 11.5 Å². The first-order chi connectivity index (χ1) is 13.1. The van der Waals surface area contributed by atoms with Gasteiger partial charge in [-0.25, -0.2) is 0 Å². The molecule has 144 valence electrons. The summed E-state index contributed by atoms with van der Waals surface area (Å²) in [7, 11) is 1.59. The van der Waals surface area contributed by atoms with Crippen LogP contribution in [0.4, 0.5) is 0 Å². The van der Waals surface area contributed by atoms with Gasteiger partial charge in [0.1, 0.15) is 6.61 Å². The average Bonchev–Trinajstić information content (AvgIpc) is 2.72. The molecule has 0 saturated carbocycles. The molecule has 0 bridgehead atoms. The lowest BCUT2D eigenvalue weighted by Crippen LogP contribution is -2.56. The van der Waals surface area contributed by atoms with E-state index in [0.717, 1.165) is 11.1 Å². The van der Waals surface area contributed by atoms with E-state index in [4.69, 9.17) is 19.9 Å². The van der Waals surface area contributed by atoms with Gasteiger partial charge in [0.2, 0.25) is 5.91 Å². The van der Waals surface area contributed by atoms with Crippen LogP contribution in [0.15, 0.2) is 42.7 Å². The first kappa shape index (κ1) is 19.1. The SMILES string of the molecule is COc1cc(CNC(=O)C2(N)CCOCC2)ccc1OCc1cccnc1. The van der Waals surface area contributed by atoms with Gasteiger partial charge in [-0.2, -0.15) is 0 Å². The van der Waals surface area contributed by atoms with Crippen molar-refractivity contribution in [2.24, 2.45) is 5.73 Å². The number of amides is 1. The van der Waals surface area contributed by atoms with Crippen molar-refractivity contribution in [2.75, 3.05) is 20.3 Å². The van der Waals surface area contributed by atoms with Crippen molar-refractivity contribution < 1.29 is 19.0 Å². The van der Waals surface area contributed by atoms with Gasteiger partial charge in [0.05, 0.1) is 12.6 Å². The molecule has 0 atom stereocenters. The number of carbonyl (C=O) groups excluding carboxylic acids is 1. The summed E-state index contributed by atoms with van der Waals surface area (Å²) in [5.74, 6) is 1.09. The monoisotopic (exact) mass is 371 g/mol. The van der Waals surface area contributed by atoms with Crippen molar-refractivity contribution in [1.82, 2.24) is 10.3 Å². The van der Waals surface area contributed by atoms with Crippen LogP contribution >= 0.6 is 0 Å². The lowest BCUT2D eigenvalue weighted by molar-refractivity contribution is -0.129. The van der Waals surface area contributed by atoms with Crippen molar-refractivity contribution in [2.45, 2.75) is 31.5 Å². The summed E-state index contributed by atoms with van der Waals surface area (Å²) in [6, 6.07) is 9.40. The van der Waals surface area contributed by atoms with Gasteiger partial charge in [-0.3, -0.25) is 9.78 Å². The van der Waals surface area contributed by atoms with E-state index in [2.05, 4.69) is 10.3 Å². The number of ether oxygens (including phenoxy) is 3. The highest BCUT2D eigenvalue weighted by Gasteiger charge is 2.35. The minimum Gasteiger partial charge on any atom is -0.493 e. The molecule has 0 unspecified atom stereocenters. The van der Waals surface area contributed by atoms with Crippen molar-refractivity contribution in [3.05, 3.63) is 53.9 Å². The van der Waals surface area contributed by atoms with Crippen LogP contribution in [-0.2, 0) is 22.7 Å². The maximum atomic E-state index is 12.4. The van der Waals surface area contributed by atoms with E-state index in [0.29, 0.717) is 50.7 Å². The highest BCUT2D eigenvalue weighted by molar-refractivity contribution is 5.86. The summed E-state index contributed by atoms with van der Waals surface area (Å²) >= 11 is 0. The molecular formula is C20H25N3O4. The number of carbonyl (C=O) groups is 1. The summed E-state index contributed by atoms with van der Waals surface area (Å²) in [4.78, 5) is 16.5. The second-order valence-electron chi connectivity index (χ2n) is 6.59. The van der Waals surface area contributed by atoms with E-state index in [-0.39, 0.29) is 5.91 Å². The number of benzene rings is 1. The average molecular weight is 371 g/mol. The third kappa shape index (κ3) is 4.96. The molecule has 1 aliphatic heterocycles. The predicted molar refractivity (Wildman–Crippen MR) is 100 cm³/mol. The molecule has 1 aromatic carbocycles. The van der Waals surface area contributed by atoms with Gasteiger partial charge in [0.15, 0.2) is 11.5 Å². The van der Waals surface area contributed by atoms with Gasteiger partial charge in [-0.15, -0.1) is 0 Å². The summed E-state index contributed by atoms with van der Waals surface area (Å²) < 4.78 is 16.5. The summed E-state index contributed by atoms with van der Waals surface area (Å²) in [5.41, 5.74) is 7.23. The van der Waals surface area contributed by atoms with Gasteiger partial charge < -0.3 is 25.3 Å². The number of hydrogen-bond donors (Lipinski definition) is 2. The molecule has 2 aromatic rings. The Hall–Kier alpha value is -2.64. The number of pyridine rings is 1. The Kier molecular flexibility index (Phi) is 6.26. The maximum absolute atomic E-state index is 12.4. The summed E-state index contributed by atoms with van der Waals surface area (Å²) in [6.45, 7) is 1.80. The minimum absolute atomic E-state index is 0.151. The fourth-order valence-electron chi connectivity index (χ4n) is 2.91. The number of nitrogens with one attached hydrogen (secondary N) is 1. The molecule has 0 radical (unpaired) electrons. The third-order valence-electron chi connectivity index (χ3n) is 4.64. The second-order valence-corrected chi connectivity index (χ2v) is 6.59. The van der Waals surface area contributed by atoms with Crippen LogP contribution in [0.1, 0.15) is 24.0 Å². The quantitative estimate of drug-likeness (QED) is 0.770. The molecule has 1 aliphatic rings. The molecule has 3 rings (SSSR count). The molecule has 0 aliphatic carbocycles. The molecule has 7 nitrogen and oxygen atoms in total. The molecule has 1 saturated heterocycles. The fraction of sp³-hybridized carbons (Fsp3) is 0.400. The lowest BCUT2D eigenvalue weighted by atomic mass is 9.90. The van der Waals surface area contributed by atoms with Gasteiger partial charge in [-0.1, -0.05) is 12.1 Å². The Balaban J connectivity index is 1.59. The van der Waals surface area contributed by atoms with E-state index in [1.54, 1.807) is 19.5 Å². The van der Waals surface area contributed by atoms with Gasteiger partial charge in [-0.05, 0) is 36.6 Å². The van der Waals surface area contributed by atoms with Crippen LogP contribution in [0, 0.1) is 0 Å². The molecule has 7 heteroatoms. The number of aromatic nitrogens is 1. The first-order valence-corrected chi connectivity index (χ1v) is 8.94. The van der Waals surface area contributed by atoms with E-state index in [9.17, 15) is 4.79 Å². The summed E-state index contributed by atoms with van der Waals surface area (Å²) in [5, 5.41) is 2.91. The number of hydrogen-bond acceptors (Lipinski definition) is 6. The highest BCUT2D eigenvalue weighted by Crippen LogP contribution is 2.29. The second kappa shape index (κ2) is 8.83. The largest absolute Gasteiger partial charge is 0.493 e. The predicted octanol–water partition coefficient (Wildman–Crippen LogP) is 1.79. The van der Waals surface area contributed by atoms with E-state index in [1.807, 2.05) is 30.3 Å². The van der Waals surface area contributed by atoms with Crippen molar-refractivity contribution in [1.29, 1.82) is 0 Å². The zero-order chi connectivity index (χ0) is 19.1. The van der Waals surface area contributed by atoms with E-state index in [1.165, 1.54) is 0 Å². The zero-order valence-corrected chi connectivity index (χ0v) is 15.4. The Morgan fingerprint density at radius 1 is 1.26 bits per heavy atom. The van der Waals surface area contributed by atoms with Gasteiger partial charge in [0.25, 0.3) is 0 Å². The number of methoxy groups -OCH3 is 1. The van der Waals surface area contributed by atoms with Crippen LogP contribution in [0.25, 0.3) is 0 Å². The van der Waals surface area contributed by atoms with E-state index < -0.39 is 5.54 Å². The Morgan fingerprint density at radius 2 is 2.07 bits per heavy atom. The standard InChI is InChI=1S/C20H25N3O4/c1-25-18-11-15(13-23-19(24)20(21)6-9-26-10-7-20)4-5-17(18)27-14-16-3-2-8-22-12-16/h2-5,8,11-12H,6-7,9-10,13-14,21H2,1H3,(H,23,24). The molecule has 1 amide bonds. The molecular weight excluding hydrogens is 346 g/mol. The number of nitrogens with two attached hydrogens (primary N) is 1. The molecule has 27 heavy (non-hydrogen) atoms. The molecule has 1 aromatic heterocycles. The summed E-state index contributed by atoms with van der Waals surface area (Å²) in [6.07, 6.45) is 4.54. The van der Waals surface area contributed by atoms with Crippen LogP contribution in [-0.4, -0.2) is 36.8 Å². The van der Waals surface area contributed by atoms with Crippen molar-refractivity contribution in [3.63, 3.8) is 0 Å².